The molecular weight excluding hydrogens is 459 g/mol. The van der Waals surface area contributed by atoms with Crippen LogP contribution in [0.1, 0.15) is 0 Å². The van der Waals surface area contributed by atoms with Gasteiger partial charge in [-0.05, 0) is 24.3 Å². The average Bonchev–Trinajstić information content (AvgIpc) is 2.40. The van der Waals surface area contributed by atoms with Crippen molar-refractivity contribution in [1.29, 1.82) is 0 Å². The molecule has 0 saturated carbocycles. The third-order valence-corrected chi connectivity index (χ3v) is 3.76. The van der Waals surface area contributed by atoms with Gasteiger partial charge in [-0.15, -0.1) is 0 Å². The maximum absolute atomic E-state index is 10.3. The van der Waals surface area contributed by atoms with Crippen LogP contribution in [-0.2, 0) is 36.7 Å². The molecule has 0 spiro atoms. The van der Waals surface area contributed by atoms with Crippen molar-refractivity contribution in [2.75, 3.05) is 0 Å². The van der Waals surface area contributed by atoms with Crippen molar-refractivity contribution in [1.82, 2.24) is 0 Å². The van der Waals surface area contributed by atoms with Crippen molar-refractivity contribution < 1.29 is 75.3 Å². The molecule has 12 nitrogen and oxygen atoms in total. The van der Waals surface area contributed by atoms with E-state index in [1.807, 2.05) is 0 Å². The zero-order valence-corrected chi connectivity index (χ0v) is 16.0. The van der Waals surface area contributed by atoms with Crippen LogP contribution in [-0.4, -0.2) is 58.8 Å². The molecule has 0 aliphatic heterocycles. The number of rotatable bonds is 2. The van der Waals surface area contributed by atoms with Gasteiger partial charge in [0.1, 0.15) is 20.2 Å². The monoisotopic (exact) mass is 480 g/mol. The van der Waals surface area contributed by atoms with E-state index in [-0.39, 0.29) is 59.1 Å². The molecule has 0 amide bonds. The second-order valence-electron chi connectivity index (χ2n) is 3.53. The molecule has 12 N–H and O–H groups in total. The molecule has 0 bridgehead atoms. The minimum absolute atomic E-state index is 0. The molecule has 0 unspecified atom stereocenters. The van der Waals surface area contributed by atoms with Crippen molar-refractivity contribution in [2.45, 2.75) is 9.79 Å². The maximum atomic E-state index is 10.3. The molecule has 0 saturated heterocycles. The second kappa shape index (κ2) is 19.3. The molecule has 0 radical (unpaired) electrons. The number of hydrogen-bond donors (Lipinski definition) is 0. The molecule has 15 heteroatoms. The van der Waals surface area contributed by atoms with Crippen molar-refractivity contribution >= 4 is 20.2 Å². The summed E-state index contributed by atoms with van der Waals surface area (Å²) >= 11 is 0. The van der Waals surface area contributed by atoms with Gasteiger partial charge in [0.25, 0.3) is 0 Å². The SMILES string of the molecule is O.O.O.O.O.O.O=S(=O)([O-])c1ccccc1.O=S(=O)([O-])c1ccccc1.[Ni+2]. The predicted molar refractivity (Wildman–Crippen MR) is 90.5 cm³/mol. The smallest absolute Gasteiger partial charge is 0.744 e. The summed E-state index contributed by atoms with van der Waals surface area (Å²) in [6.07, 6.45) is 0. The summed E-state index contributed by atoms with van der Waals surface area (Å²) in [5, 5.41) is 0. The Kier molecular flexibility index (Phi) is 31.9. The van der Waals surface area contributed by atoms with E-state index in [0.717, 1.165) is 0 Å². The van der Waals surface area contributed by atoms with Crippen LogP contribution in [0.2, 0.25) is 0 Å². The Morgan fingerprint density at radius 1 is 0.481 bits per heavy atom. The Hall–Kier alpha value is -1.49. The summed E-state index contributed by atoms with van der Waals surface area (Å²) in [5.41, 5.74) is 0. The molecule has 0 aliphatic rings. The van der Waals surface area contributed by atoms with Gasteiger partial charge in [-0.25, -0.2) is 16.8 Å². The largest absolute Gasteiger partial charge is 2.00 e. The van der Waals surface area contributed by atoms with E-state index in [9.17, 15) is 25.9 Å². The summed E-state index contributed by atoms with van der Waals surface area (Å²) in [5.74, 6) is 0. The van der Waals surface area contributed by atoms with E-state index in [2.05, 4.69) is 0 Å². The first-order chi connectivity index (χ1) is 9.21. The molecular formula is C12H22NiO12S2. The fourth-order valence-electron chi connectivity index (χ4n) is 1.17. The minimum Gasteiger partial charge on any atom is -0.744 e. The topological polar surface area (TPSA) is 303 Å². The van der Waals surface area contributed by atoms with E-state index in [1.165, 1.54) is 48.5 Å². The van der Waals surface area contributed by atoms with Crippen LogP contribution in [0.5, 0.6) is 0 Å². The quantitative estimate of drug-likeness (QED) is 0.306. The van der Waals surface area contributed by atoms with Gasteiger partial charge in [0, 0.05) is 0 Å². The summed E-state index contributed by atoms with van der Waals surface area (Å²) in [4.78, 5) is -0.370. The number of hydrogen-bond acceptors (Lipinski definition) is 6. The Morgan fingerprint density at radius 3 is 0.778 bits per heavy atom. The van der Waals surface area contributed by atoms with Crippen molar-refractivity contribution in [3.63, 3.8) is 0 Å². The third-order valence-electron chi connectivity index (χ3n) is 2.06. The van der Waals surface area contributed by atoms with E-state index in [1.54, 1.807) is 12.1 Å². The Labute approximate surface area is 166 Å². The summed E-state index contributed by atoms with van der Waals surface area (Å²) in [7, 11) is -8.51. The van der Waals surface area contributed by atoms with Gasteiger partial charge in [-0.2, -0.15) is 0 Å². The molecule has 2 aromatic rings. The second-order valence-corrected chi connectivity index (χ2v) is 6.29. The zero-order valence-electron chi connectivity index (χ0n) is 13.4. The van der Waals surface area contributed by atoms with Crippen molar-refractivity contribution in [2.24, 2.45) is 0 Å². The van der Waals surface area contributed by atoms with Gasteiger partial charge in [-0.1, -0.05) is 36.4 Å². The average molecular weight is 481 g/mol. The predicted octanol–water partition coefficient (Wildman–Crippen LogP) is -3.77. The van der Waals surface area contributed by atoms with Crippen LogP contribution >= 0.6 is 0 Å². The van der Waals surface area contributed by atoms with Gasteiger partial charge in [0.05, 0.1) is 9.79 Å². The summed E-state index contributed by atoms with van der Waals surface area (Å²) in [6.45, 7) is 0. The first-order valence-electron chi connectivity index (χ1n) is 5.23. The van der Waals surface area contributed by atoms with Crippen molar-refractivity contribution in [3.05, 3.63) is 60.7 Å². The number of benzene rings is 2. The van der Waals surface area contributed by atoms with E-state index >= 15 is 0 Å². The summed E-state index contributed by atoms with van der Waals surface area (Å²) < 4.78 is 61.7. The Bertz CT molecular complexity index is 684. The Morgan fingerprint density at radius 2 is 0.667 bits per heavy atom. The zero-order chi connectivity index (χ0) is 15.2. The molecule has 0 heterocycles. The molecule has 2 rings (SSSR count). The first kappa shape index (κ1) is 44.7. The van der Waals surface area contributed by atoms with Gasteiger partial charge in [0.2, 0.25) is 0 Å². The van der Waals surface area contributed by atoms with Gasteiger partial charge in [0.15, 0.2) is 0 Å². The molecule has 0 aromatic heterocycles. The van der Waals surface area contributed by atoms with Gasteiger partial charge in [-0.3, -0.25) is 0 Å². The molecule has 0 aliphatic carbocycles. The van der Waals surface area contributed by atoms with E-state index < -0.39 is 20.2 Å². The third kappa shape index (κ3) is 17.7. The van der Waals surface area contributed by atoms with E-state index in [4.69, 9.17) is 0 Å². The van der Waals surface area contributed by atoms with Crippen molar-refractivity contribution in [3.8, 4) is 0 Å². The minimum atomic E-state index is -4.25. The molecule has 0 atom stereocenters. The van der Waals surface area contributed by atoms with Gasteiger partial charge >= 0.3 is 16.5 Å². The molecule has 27 heavy (non-hydrogen) atoms. The fourth-order valence-corrected chi connectivity index (χ4v) is 2.16. The van der Waals surface area contributed by atoms with Crippen LogP contribution in [0, 0.1) is 0 Å². The van der Waals surface area contributed by atoms with Crippen LogP contribution in [0.25, 0.3) is 0 Å². The maximum Gasteiger partial charge on any atom is 2.00 e. The molecule has 2 aromatic carbocycles. The Balaban J connectivity index is -0.0000000471. The van der Waals surface area contributed by atoms with Crippen LogP contribution in [0.3, 0.4) is 0 Å². The van der Waals surface area contributed by atoms with Crippen LogP contribution in [0.15, 0.2) is 70.5 Å². The van der Waals surface area contributed by atoms with Gasteiger partial charge < -0.3 is 42.0 Å². The van der Waals surface area contributed by atoms with Crippen LogP contribution in [0.4, 0.5) is 0 Å². The van der Waals surface area contributed by atoms with Crippen LogP contribution < -0.4 is 0 Å². The molecule has 0 fully saturated rings. The fraction of sp³-hybridized carbons (Fsp3) is 0. The first-order valence-corrected chi connectivity index (χ1v) is 8.05. The summed E-state index contributed by atoms with van der Waals surface area (Å²) in [6, 6.07) is 14.4. The van der Waals surface area contributed by atoms with E-state index in [0.29, 0.717) is 0 Å². The standard InChI is InChI=1S/2C6H6O3S.Ni.6H2O/c2*7-10(8,9)6-4-2-1-3-5-6;;;;;;;/h2*1-5H,(H,7,8,9);;6*1H2/q;;+2;;;;;;/p-2. The molecule has 164 valence electrons. The normalized spacial score (nSPS) is 8.37.